The van der Waals surface area contributed by atoms with E-state index < -0.39 is 12.0 Å². The summed E-state index contributed by atoms with van der Waals surface area (Å²) < 4.78 is 8.51. The Bertz CT molecular complexity index is 826. The molecule has 0 fully saturated rings. The van der Waals surface area contributed by atoms with E-state index >= 15 is 0 Å². The Morgan fingerprint density at radius 1 is 1.11 bits per heavy atom. The van der Waals surface area contributed by atoms with Crippen LogP contribution in [0.5, 0.6) is 17.2 Å². The zero-order valence-corrected chi connectivity index (χ0v) is 21.5. The van der Waals surface area contributed by atoms with Crippen LogP contribution in [-0.4, -0.2) is 27.8 Å². The number of hydrogen-bond donors (Lipinski definition) is 3. The molecule has 8 heteroatoms. The van der Waals surface area contributed by atoms with E-state index in [0.29, 0.717) is 15.7 Å². The van der Waals surface area contributed by atoms with Crippen molar-refractivity contribution in [2.45, 2.75) is 38.8 Å². The van der Waals surface area contributed by atoms with Crippen LogP contribution in [0.2, 0.25) is 0 Å². The summed E-state index contributed by atoms with van der Waals surface area (Å²) in [5.41, 5.74) is 0.642. The summed E-state index contributed by atoms with van der Waals surface area (Å²) in [4.78, 5) is 11.6. The van der Waals surface area contributed by atoms with Gasteiger partial charge in [0.05, 0.1) is 10.7 Å². The van der Waals surface area contributed by atoms with Crippen LogP contribution in [-0.2, 0) is 11.2 Å². The molecule has 0 radical (unpaired) electrons. The molecule has 0 saturated carbocycles. The number of carboxylic acids is 1. The molecule has 0 saturated heterocycles. The second kappa shape index (κ2) is 9.44. The molecule has 0 aliphatic rings. The average Bonchev–Trinajstić information content (AvgIpc) is 2.52. The van der Waals surface area contributed by atoms with Crippen LogP contribution < -0.4 is 10.1 Å². The Morgan fingerprint density at radius 2 is 1.70 bits per heavy atom. The highest BCUT2D eigenvalue weighted by Gasteiger charge is 2.24. The number of hydrogen-bond acceptors (Lipinski definition) is 4. The molecule has 2 rings (SSSR count). The number of aromatic hydroxyl groups is 1. The normalized spacial score (nSPS) is 12.7. The van der Waals surface area contributed by atoms with E-state index in [1.807, 2.05) is 55.5 Å². The lowest BCUT2D eigenvalue weighted by Crippen LogP contribution is -2.48. The minimum Gasteiger partial charge on any atom is -0.507 e. The smallest absolute Gasteiger partial charge is 0.321 e. The second-order valence-corrected chi connectivity index (χ2v) is 10.6. The molecule has 3 N–H and O–H groups in total. The first-order valence-corrected chi connectivity index (χ1v) is 11.3. The molecular formula is C19H20I3NO4. The van der Waals surface area contributed by atoms with E-state index in [1.165, 1.54) is 0 Å². The lowest BCUT2D eigenvalue weighted by atomic mass is 10.0. The fourth-order valence-electron chi connectivity index (χ4n) is 2.46. The van der Waals surface area contributed by atoms with E-state index in [-0.39, 0.29) is 11.3 Å². The largest absolute Gasteiger partial charge is 0.507 e. The molecule has 0 bridgehead atoms. The van der Waals surface area contributed by atoms with Gasteiger partial charge in [-0.25, -0.2) is 0 Å². The first-order chi connectivity index (χ1) is 12.5. The van der Waals surface area contributed by atoms with Gasteiger partial charge in [-0.1, -0.05) is 0 Å². The van der Waals surface area contributed by atoms with Crippen LogP contribution in [0, 0.1) is 10.7 Å². The number of aliphatic carboxylic acids is 1. The maximum absolute atomic E-state index is 11.6. The van der Waals surface area contributed by atoms with Crippen molar-refractivity contribution >= 4 is 73.7 Å². The van der Waals surface area contributed by atoms with Crippen LogP contribution in [0.15, 0.2) is 30.3 Å². The fraction of sp³-hybridized carbons (Fsp3) is 0.316. The summed E-state index contributed by atoms with van der Waals surface area (Å²) in [5, 5.41) is 22.3. The van der Waals surface area contributed by atoms with Crippen molar-refractivity contribution in [1.29, 1.82) is 0 Å². The summed E-state index contributed by atoms with van der Waals surface area (Å²) in [7, 11) is 0. The Kier molecular flexibility index (Phi) is 8.02. The molecule has 0 aromatic heterocycles. The van der Waals surface area contributed by atoms with Gasteiger partial charge in [0.1, 0.15) is 17.5 Å². The average molecular weight is 707 g/mol. The van der Waals surface area contributed by atoms with Crippen molar-refractivity contribution in [2.75, 3.05) is 0 Å². The topological polar surface area (TPSA) is 78.8 Å². The lowest BCUT2D eigenvalue weighted by molar-refractivity contribution is -0.140. The standard InChI is InChI=1S/C19H20I3NO4/c1-19(2,3)23-15(18(25)26)8-10-6-13(21)17(14(22)7-10)27-11-4-5-16(24)12(20)9-11/h4-7,9,15,23-24H,8H2,1-3H3,(H,25,26). The van der Waals surface area contributed by atoms with Gasteiger partial charge >= 0.3 is 5.97 Å². The van der Waals surface area contributed by atoms with Crippen LogP contribution in [0.1, 0.15) is 26.3 Å². The van der Waals surface area contributed by atoms with Crippen molar-refractivity contribution < 1.29 is 19.7 Å². The Labute approximate surface area is 199 Å². The van der Waals surface area contributed by atoms with Crippen molar-refractivity contribution in [2.24, 2.45) is 0 Å². The summed E-state index contributed by atoms with van der Waals surface area (Å²) in [6, 6.07) is 8.31. The van der Waals surface area contributed by atoms with Crippen LogP contribution >= 0.6 is 67.8 Å². The lowest BCUT2D eigenvalue weighted by Gasteiger charge is -2.26. The summed E-state index contributed by atoms with van der Waals surface area (Å²) >= 11 is 6.44. The third-order valence-corrected chi connectivity index (χ3v) is 6.01. The number of phenolic OH excluding ortho intramolecular Hbond substituents is 1. The number of carbonyl (C=O) groups is 1. The fourth-order valence-corrected chi connectivity index (χ4v) is 5.06. The predicted octanol–water partition coefficient (Wildman–Crippen LogP) is 5.38. The van der Waals surface area contributed by atoms with Gasteiger partial charge in [-0.2, -0.15) is 0 Å². The van der Waals surface area contributed by atoms with Gasteiger partial charge in [0.25, 0.3) is 0 Å². The molecule has 0 heterocycles. The highest BCUT2D eigenvalue weighted by molar-refractivity contribution is 14.1. The van der Waals surface area contributed by atoms with E-state index in [2.05, 4.69) is 50.5 Å². The van der Waals surface area contributed by atoms with Gasteiger partial charge in [0.15, 0.2) is 5.75 Å². The molecule has 146 valence electrons. The number of ether oxygens (including phenoxy) is 1. The van der Waals surface area contributed by atoms with Gasteiger partial charge in [-0.3, -0.25) is 10.1 Å². The van der Waals surface area contributed by atoms with E-state index in [0.717, 1.165) is 18.5 Å². The molecule has 0 amide bonds. The van der Waals surface area contributed by atoms with Gasteiger partial charge in [-0.15, -0.1) is 0 Å². The summed E-state index contributed by atoms with van der Waals surface area (Å²) in [6.07, 6.45) is 0.385. The third kappa shape index (κ3) is 6.89. The van der Waals surface area contributed by atoms with E-state index in [4.69, 9.17) is 4.74 Å². The predicted molar refractivity (Wildman–Crippen MR) is 131 cm³/mol. The highest BCUT2D eigenvalue weighted by Crippen LogP contribution is 2.35. The molecule has 2 aromatic rings. The second-order valence-electron chi connectivity index (χ2n) is 7.09. The minimum absolute atomic E-state index is 0.216. The molecule has 2 aromatic carbocycles. The first-order valence-electron chi connectivity index (χ1n) is 8.11. The van der Waals surface area contributed by atoms with Gasteiger partial charge < -0.3 is 14.9 Å². The molecule has 5 nitrogen and oxygen atoms in total. The highest BCUT2D eigenvalue weighted by atomic mass is 127. The molecular weight excluding hydrogens is 687 g/mol. The molecule has 1 unspecified atom stereocenters. The van der Waals surface area contributed by atoms with Crippen LogP contribution in [0.3, 0.4) is 0 Å². The number of phenols is 1. The van der Waals surface area contributed by atoms with Gasteiger partial charge in [0.2, 0.25) is 0 Å². The van der Waals surface area contributed by atoms with Crippen molar-refractivity contribution in [3.63, 3.8) is 0 Å². The Balaban J connectivity index is 2.25. The van der Waals surface area contributed by atoms with E-state index in [1.54, 1.807) is 18.2 Å². The zero-order valence-electron chi connectivity index (χ0n) is 15.0. The van der Waals surface area contributed by atoms with Crippen molar-refractivity contribution in [1.82, 2.24) is 5.32 Å². The van der Waals surface area contributed by atoms with Gasteiger partial charge in [0, 0.05) is 5.54 Å². The molecule has 27 heavy (non-hydrogen) atoms. The molecule has 1 atom stereocenters. The number of nitrogens with one attached hydrogen (secondary N) is 1. The van der Waals surface area contributed by atoms with Crippen LogP contribution in [0.4, 0.5) is 0 Å². The Morgan fingerprint density at radius 3 is 2.19 bits per heavy atom. The number of halogens is 3. The molecule has 0 aliphatic carbocycles. The molecule has 0 spiro atoms. The maximum Gasteiger partial charge on any atom is 0.321 e. The maximum atomic E-state index is 11.6. The van der Waals surface area contributed by atoms with E-state index in [9.17, 15) is 15.0 Å². The van der Waals surface area contributed by atoms with Gasteiger partial charge in [-0.05, 0) is 131 Å². The summed E-state index contributed by atoms with van der Waals surface area (Å²) in [5.74, 6) is 0.707. The monoisotopic (exact) mass is 707 g/mol. The molecule has 0 aliphatic heterocycles. The first kappa shape index (κ1) is 22.9. The summed E-state index contributed by atoms with van der Waals surface area (Å²) in [6.45, 7) is 5.85. The van der Waals surface area contributed by atoms with Crippen molar-refractivity contribution in [3.05, 3.63) is 46.6 Å². The quantitative estimate of drug-likeness (QED) is 0.352. The minimum atomic E-state index is -0.867. The SMILES string of the molecule is CC(C)(C)NC(Cc1cc(I)c(Oc2ccc(O)c(I)c2)c(I)c1)C(=O)O. The number of carboxylic acid groups (broad SMARTS) is 1. The Hall–Kier alpha value is -0.340. The van der Waals surface area contributed by atoms with Crippen LogP contribution in [0.25, 0.3) is 0 Å². The zero-order chi connectivity index (χ0) is 20.4. The third-order valence-electron chi connectivity index (χ3n) is 3.54. The number of rotatable bonds is 6. The van der Waals surface area contributed by atoms with Crippen molar-refractivity contribution in [3.8, 4) is 17.2 Å². The number of benzene rings is 2.